The number of nitrogens with one attached hydrogen (secondary N) is 1. The minimum Gasteiger partial charge on any atom is -0.312 e. The molecule has 1 atom stereocenters. The van der Waals surface area contributed by atoms with Crippen LogP contribution in [0.15, 0.2) is 28.7 Å². The Morgan fingerprint density at radius 1 is 1.35 bits per heavy atom. The van der Waals surface area contributed by atoms with E-state index in [9.17, 15) is 0 Å². The van der Waals surface area contributed by atoms with E-state index in [1.165, 1.54) is 0 Å². The monoisotopic (exact) mass is 294 g/mol. The molecule has 17 heavy (non-hydrogen) atoms. The van der Waals surface area contributed by atoms with E-state index in [-0.39, 0.29) is 6.04 Å². The van der Waals surface area contributed by atoms with Gasteiger partial charge in [0.1, 0.15) is 5.69 Å². The van der Waals surface area contributed by atoms with Gasteiger partial charge in [0.05, 0.1) is 17.4 Å². The highest BCUT2D eigenvalue weighted by Crippen LogP contribution is 2.23. The average Bonchev–Trinajstić information content (AvgIpc) is 2.71. The van der Waals surface area contributed by atoms with Crippen molar-refractivity contribution in [3.8, 4) is 5.69 Å². The van der Waals surface area contributed by atoms with Crippen LogP contribution < -0.4 is 5.32 Å². The van der Waals surface area contributed by atoms with Crippen molar-refractivity contribution in [1.82, 2.24) is 20.3 Å². The molecule has 1 unspecified atom stereocenters. The molecule has 1 aromatic carbocycles. The highest BCUT2D eigenvalue weighted by Gasteiger charge is 2.15. The number of nitrogens with zero attached hydrogens (tertiary/aromatic N) is 3. The molecule has 1 heterocycles. The summed E-state index contributed by atoms with van der Waals surface area (Å²) in [6.45, 7) is 4.10. The Bertz CT molecular complexity index is 521. The van der Waals surface area contributed by atoms with Crippen molar-refractivity contribution in [2.24, 2.45) is 0 Å². The Hall–Kier alpha value is -1.20. The molecule has 5 heteroatoms. The number of hydrogen-bond acceptors (Lipinski definition) is 3. The molecule has 0 amide bonds. The lowest BCUT2D eigenvalue weighted by Crippen LogP contribution is -2.14. The van der Waals surface area contributed by atoms with E-state index in [1.807, 2.05) is 42.9 Å². The topological polar surface area (TPSA) is 42.7 Å². The van der Waals surface area contributed by atoms with Crippen LogP contribution >= 0.6 is 15.9 Å². The summed E-state index contributed by atoms with van der Waals surface area (Å²) >= 11 is 3.53. The molecule has 0 saturated carbocycles. The molecule has 2 aromatic rings. The molecule has 90 valence electrons. The van der Waals surface area contributed by atoms with Crippen molar-refractivity contribution in [1.29, 1.82) is 0 Å². The summed E-state index contributed by atoms with van der Waals surface area (Å²) in [6, 6.07) is 8.18. The number of rotatable bonds is 3. The van der Waals surface area contributed by atoms with Gasteiger partial charge in [-0.2, -0.15) is 0 Å². The maximum atomic E-state index is 4.23. The SMILES string of the molecule is CNC(C)c1nnn(-c2ccccc2Br)c1C. The molecule has 0 aliphatic carbocycles. The van der Waals surface area contributed by atoms with Crippen LogP contribution in [0.4, 0.5) is 0 Å². The predicted octanol–water partition coefficient (Wildman–Crippen LogP) is 2.62. The van der Waals surface area contributed by atoms with Gasteiger partial charge in [-0.15, -0.1) is 5.10 Å². The molecule has 0 aliphatic heterocycles. The molecule has 2 rings (SSSR count). The quantitative estimate of drug-likeness (QED) is 0.946. The smallest absolute Gasteiger partial charge is 0.103 e. The molecule has 0 bridgehead atoms. The predicted molar refractivity (Wildman–Crippen MR) is 71.3 cm³/mol. The fraction of sp³-hybridized carbons (Fsp3) is 0.333. The van der Waals surface area contributed by atoms with Crippen LogP contribution in [0.25, 0.3) is 5.69 Å². The van der Waals surface area contributed by atoms with Gasteiger partial charge in [-0.25, -0.2) is 4.68 Å². The lowest BCUT2D eigenvalue weighted by atomic mass is 10.2. The lowest BCUT2D eigenvalue weighted by Gasteiger charge is -2.09. The van der Waals surface area contributed by atoms with E-state index in [1.54, 1.807) is 0 Å². The van der Waals surface area contributed by atoms with Gasteiger partial charge in [0.2, 0.25) is 0 Å². The van der Waals surface area contributed by atoms with Crippen LogP contribution in [0.5, 0.6) is 0 Å². The van der Waals surface area contributed by atoms with Gasteiger partial charge in [-0.3, -0.25) is 0 Å². The molecule has 0 saturated heterocycles. The van der Waals surface area contributed by atoms with Gasteiger partial charge in [-0.05, 0) is 49.0 Å². The minimum atomic E-state index is 0.200. The third-order valence-corrected chi connectivity index (χ3v) is 3.52. The minimum absolute atomic E-state index is 0.200. The molecule has 4 nitrogen and oxygen atoms in total. The normalized spacial score (nSPS) is 12.7. The Kier molecular flexibility index (Phi) is 3.59. The van der Waals surface area contributed by atoms with Crippen molar-refractivity contribution in [2.45, 2.75) is 19.9 Å². The fourth-order valence-electron chi connectivity index (χ4n) is 1.73. The summed E-state index contributed by atoms with van der Waals surface area (Å²) < 4.78 is 2.87. The second-order valence-electron chi connectivity index (χ2n) is 3.93. The Balaban J connectivity index is 2.48. The van der Waals surface area contributed by atoms with Crippen LogP contribution in [-0.2, 0) is 0 Å². The van der Waals surface area contributed by atoms with Crippen molar-refractivity contribution >= 4 is 15.9 Å². The van der Waals surface area contributed by atoms with Gasteiger partial charge >= 0.3 is 0 Å². The molecule has 1 N–H and O–H groups in total. The summed E-state index contributed by atoms with van der Waals surface area (Å²) in [7, 11) is 1.92. The molecular formula is C12H15BrN4. The summed E-state index contributed by atoms with van der Waals surface area (Å²) in [4.78, 5) is 0. The standard InChI is InChI=1S/C12H15BrN4/c1-8(14-3)12-9(2)17(16-15-12)11-7-5-4-6-10(11)13/h4-8,14H,1-3H3. The lowest BCUT2D eigenvalue weighted by molar-refractivity contribution is 0.627. The molecule has 0 spiro atoms. The van der Waals surface area contributed by atoms with Gasteiger partial charge in [-0.1, -0.05) is 17.3 Å². The number of para-hydroxylation sites is 1. The number of aromatic nitrogens is 3. The highest BCUT2D eigenvalue weighted by molar-refractivity contribution is 9.10. The zero-order chi connectivity index (χ0) is 12.4. The average molecular weight is 295 g/mol. The largest absolute Gasteiger partial charge is 0.312 e. The number of benzene rings is 1. The van der Waals surface area contributed by atoms with Crippen molar-refractivity contribution in [3.63, 3.8) is 0 Å². The van der Waals surface area contributed by atoms with E-state index < -0.39 is 0 Å². The third kappa shape index (κ3) is 2.25. The molecular weight excluding hydrogens is 280 g/mol. The third-order valence-electron chi connectivity index (χ3n) is 2.85. The first-order valence-electron chi connectivity index (χ1n) is 5.49. The Morgan fingerprint density at radius 3 is 2.71 bits per heavy atom. The molecule has 0 aliphatic rings. The number of hydrogen-bond donors (Lipinski definition) is 1. The van der Waals surface area contributed by atoms with Crippen LogP contribution in [0.1, 0.15) is 24.4 Å². The first-order chi connectivity index (χ1) is 8.15. The molecule has 0 radical (unpaired) electrons. The van der Waals surface area contributed by atoms with E-state index >= 15 is 0 Å². The maximum Gasteiger partial charge on any atom is 0.103 e. The first-order valence-corrected chi connectivity index (χ1v) is 6.28. The van der Waals surface area contributed by atoms with E-state index in [0.717, 1.165) is 21.5 Å². The Labute approximate surface area is 109 Å². The molecule has 0 fully saturated rings. The first kappa shape index (κ1) is 12.3. The van der Waals surface area contributed by atoms with E-state index in [2.05, 4.69) is 38.5 Å². The van der Waals surface area contributed by atoms with Crippen molar-refractivity contribution in [3.05, 3.63) is 40.1 Å². The van der Waals surface area contributed by atoms with Gasteiger partial charge < -0.3 is 5.32 Å². The molecule has 1 aromatic heterocycles. The fourth-order valence-corrected chi connectivity index (χ4v) is 2.18. The second-order valence-corrected chi connectivity index (χ2v) is 4.79. The maximum absolute atomic E-state index is 4.23. The second kappa shape index (κ2) is 4.98. The van der Waals surface area contributed by atoms with Gasteiger partial charge in [0, 0.05) is 4.47 Å². The summed E-state index contributed by atoms with van der Waals surface area (Å²) in [6.07, 6.45) is 0. The van der Waals surface area contributed by atoms with Crippen molar-refractivity contribution < 1.29 is 0 Å². The van der Waals surface area contributed by atoms with Crippen LogP contribution in [0, 0.1) is 6.92 Å². The van der Waals surface area contributed by atoms with Gasteiger partial charge in [0.25, 0.3) is 0 Å². The van der Waals surface area contributed by atoms with Crippen LogP contribution in [0.2, 0.25) is 0 Å². The van der Waals surface area contributed by atoms with E-state index in [0.29, 0.717) is 0 Å². The summed E-state index contributed by atoms with van der Waals surface area (Å²) in [5.41, 5.74) is 3.04. The summed E-state index contributed by atoms with van der Waals surface area (Å²) in [5.74, 6) is 0. The summed E-state index contributed by atoms with van der Waals surface area (Å²) in [5, 5.41) is 11.6. The van der Waals surface area contributed by atoms with Gasteiger partial charge in [0.15, 0.2) is 0 Å². The van der Waals surface area contributed by atoms with Crippen LogP contribution in [0.3, 0.4) is 0 Å². The van der Waals surface area contributed by atoms with E-state index in [4.69, 9.17) is 0 Å². The highest BCUT2D eigenvalue weighted by atomic mass is 79.9. The van der Waals surface area contributed by atoms with Crippen molar-refractivity contribution in [2.75, 3.05) is 7.05 Å². The van der Waals surface area contributed by atoms with Crippen LogP contribution in [-0.4, -0.2) is 22.0 Å². The number of halogens is 1. The zero-order valence-corrected chi connectivity index (χ0v) is 11.7. The zero-order valence-electron chi connectivity index (χ0n) is 10.1. The Morgan fingerprint density at radius 2 is 2.06 bits per heavy atom.